The molecule has 0 aromatic heterocycles. The van der Waals surface area contributed by atoms with Crippen molar-refractivity contribution in [2.45, 2.75) is 104 Å². The van der Waals surface area contributed by atoms with Gasteiger partial charge in [-0.25, -0.2) is 4.79 Å². The van der Waals surface area contributed by atoms with Gasteiger partial charge in [0.15, 0.2) is 0 Å². The molecule has 3 N–H and O–H groups in total. The summed E-state index contributed by atoms with van der Waals surface area (Å²) in [6, 6.07) is 20.5. The summed E-state index contributed by atoms with van der Waals surface area (Å²) in [4.78, 5) is 46.6. The van der Waals surface area contributed by atoms with E-state index in [1.54, 1.807) is 19.1 Å². The Morgan fingerprint density at radius 2 is 1.13 bits per heavy atom. The number of rotatable bonds is 16. The highest BCUT2D eigenvalue weighted by atomic mass is 16.5. The zero-order valence-corrected chi connectivity index (χ0v) is 32.4. The molecule has 53 heavy (non-hydrogen) atoms. The Morgan fingerprint density at radius 1 is 0.679 bits per heavy atom. The van der Waals surface area contributed by atoms with Crippen molar-refractivity contribution >= 4 is 29.2 Å². The Morgan fingerprint density at radius 3 is 1.55 bits per heavy atom. The largest absolute Gasteiger partial charge is 0.493 e. The zero-order chi connectivity index (χ0) is 37.9. The summed E-state index contributed by atoms with van der Waals surface area (Å²) in [6.45, 7) is 14.5. The lowest BCUT2D eigenvalue weighted by atomic mass is 9.90. The van der Waals surface area contributed by atoms with Crippen LogP contribution in [0.2, 0.25) is 0 Å². The molecule has 5 rings (SSSR count). The van der Waals surface area contributed by atoms with Crippen LogP contribution >= 0.6 is 0 Å². The van der Waals surface area contributed by atoms with Crippen LogP contribution in [0.5, 0.6) is 5.75 Å². The molecule has 2 atom stereocenters. The molecular weight excluding hydrogens is 665 g/mol. The summed E-state index contributed by atoms with van der Waals surface area (Å²) < 4.78 is 5.77. The molecule has 2 aliphatic heterocycles. The first-order chi connectivity index (χ1) is 25.6. The fourth-order valence-corrected chi connectivity index (χ4v) is 7.98. The minimum atomic E-state index is -1.26. The topological polar surface area (TPSA) is 111 Å². The maximum Gasteiger partial charge on any atom is 0.339 e. The van der Waals surface area contributed by atoms with Gasteiger partial charge in [0.05, 0.1) is 18.7 Å². The lowest BCUT2D eigenvalue weighted by Gasteiger charge is -2.34. The van der Waals surface area contributed by atoms with E-state index in [1.165, 1.54) is 18.9 Å². The van der Waals surface area contributed by atoms with Gasteiger partial charge < -0.3 is 30.3 Å². The molecule has 3 aromatic rings. The number of nitrogens with zero attached hydrogens (tertiary/aromatic N) is 2. The third-order valence-electron chi connectivity index (χ3n) is 10.5. The molecule has 0 bridgehead atoms. The number of hydrogen-bond acceptors (Lipinski definition) is 6. The van der Waals surface area contributed by atoms with E-state index in [4.69, 9.17) is 4.74 Å². The number of carbonyl (C=O) groups excluding carboxylic acids is 2. The Hall–Kier alpha value is -4.53. The van der Waals surface area contributed by atoms with Gasteiger partial charge >= 0.3 is 5.97 Å². The van der Waals surface area contributed by atoms with Crippen LogP contribution in [0.4, 0.5) is 11.4 Å². The van der Waals surface area contributed by atoms with Gasteiger partial charge in [-0.3, -0.25) is 9.59 Å². The minimum Gasteiger partial charge on any atom is -0.493 e. The number of carbonyl (C=O) groups is 3. The van der Waals surface area contributed by atoms with Crippen molar-refractivity contribution in [1.29, 1.82) is 0 Å². The van der Waals surface area contributed by atoms with E-state index in [9.17, 15) is 19.5 Å². The predicted octanol–water partition coefficient (Wildman–Crippen LogP) is 8.65. The van der Waals surface area contributed by atoms with Gasteiger partial charge in [0, 0.05) is 37.6 Å². The van der Waals surface area contributed by atoms with Crippen LogP contribution in [0.1, 0.15) is 131 Å². The first-order valence-corrected chi connectivity index (χ1v) is 19.9. The normalized spacial score (nSPS) is 16.1. The molecule has 0 spiro atoms. The fourth-order valence-electron chi connectivity index (χ4n) is 7.98. The van der Waals surface area contributed by atoms with Crippen molar-refractivity contribution in [2.75, 3.05) is 42.6 Å². The molecule has 286 valence electrons. The Kier molecular flexibility index (Phi) is 14.2. The zero-order valence-electron chi connectivity index (χ0n) is 32.4. The first kappa shape index (κ1) is 39.7. The Labute approximate surface area is 316 Å². The monoisotopic (exact) mass is 724 g/mol. The van der Waals surface area contributed by atoms with Crippen LogP contribution in [0.25, 0.3) is 0 Å². The molecule has 2 heterocycles. The molecule has 2 aliphatic rings. The number of ether oxygens (including phenoxy) is 1. The van der Waals surface area contributed by atoms with E-state index in [0.717, 1.165) is 74.4 Å². The number of aromatic carboxylic acids is 1. The van der Waals surface area contributed by atoms with Crippen LogP contribution < -0.4 is 25.2 Å². The van der Waals surface area contributed by atoms with Gasteiger partial charge in [-0.05, 0) is 111 Å². The standard InChI is InChI=1S/C44H60N4O5/c1-6-53-40-29-32(21-22-35(40)44(51)52)41(42(49)45-36(27-30(2)3)33-17-9-11-19-38(33)47-23-13-7-14-24-47)43(50)46-37(28-31(4)5)34-18-10-12-20-39(34)48-25-15-8-16-26-48/h9-12,17-22,29-31,36-37,41H,6-8,13-16,23-28H2,1-5H3,(H,45,49)(H,46,50)(H,51,52)/t36-,37-/m1/s1. The van der Waals surface area contributed by atoms with E-state index in [2.05, 4.69) is 72.4 Å². The molecule has 2 amide bonds. The van der Waals surface area contributed by atoms with Gasteiger partial charge in [0.2, 0.25) is 11.8 Å². The van der Waals surface area contributed by atoms with Crippen LogP contribution in [0.3, 0.4) is 0 Å². The maximum atomic E-state index is 14.8. The SMILES string of the molecule is CCOc1cc(C(C(=O)N[C@H](CC(C)C)c2ccccc2N2CCCCC2)C(=O)N[C@H](CC(C)C)c2ccccc2N2CCCCC2)ccc1C(=O)O. The third kappa shape index (κ3) is 10.3. The van der Waals surface area contributed by atoms with Crippen LogP contribution in [0, 0.1) is 11.8 Å². The van der Waals surface area contributed by atoms with E-state index in [0.29, 0.717) is 18.4 Å². The van der Waals surface area contributed by atoms with Crippen molar-refractivity contribution in [3.05, 3.63) is 89.0 Å². The number of nitrogens with one attached hydrogen (secondary N) is 2. The lowest BCUT2D eigenvalue weighted by Crippen LogP contribution is -2.43. The average Bonchev–Trinajstić information content (AvgIpc) is 3.15. The van der Waals surface area contributed by atoms with Gasteiger partial charge in [-0.15, -0.1) is 0 Å². The van der Waals surface area contributed by atoms with Gasteiger partial charge in [0.25, 0.3) is 0 Å². The summed E-state index contributed by atoms with van der Waals surface area (Å²) >= 11 is 0. The van der Waals surface area contributed by atoms with Crippen LogP contribution in [-0.4, -0.2) is 55.7 Å². The number of para-hydroxylation sites is 2. The molecular formula is C44H60N4O5. The van der Waals surface area contributed by atoms with Gasteiger partial charge in [-0.2, -0.15) is 0 Å². The summed E-state index contributed by atoms with van der Waals surface area (Å²) in [6.07, 6.45) is 8.32. The number of hydrogen-bond donors (Lipinski definition) is 3. The highest BCUT2D eigenvalue weighted by molar-refractivity contribution is 6.06. The molecule has 0 radical (unpaired) electrons. The molecule has 0 aliphatic carbocycles. The molecule has 9 heteroatoms. The molecule has 2 fully saturated rings. The highest BCUT2D eigenvalue weighted by Gasteiger charge is 2.35. The number of anilines is 2. The predicted molar refractivity (Wildman–Crippen MR) is 213 cm³/mol. The number of benzene rings is 3. The molecule has 0 unspecified atom stereocenters. The minimum absolute atomic E-state index is 0.0172. The number of amides is 2. The quantitative estimate of drug-likeness (QED) is 0.127. The van der Waals surface area contributed by atoms with Crippen molar-refractivity contribution in [3.63, 3.8) is 0 Å². The average molecular weight is 725 g/mol. The summed E-state index contributed by atoms with van der Waals surface area (Å²) in [5.41, 5.74) is 4.69. The van der Waals surface area contributed by atoms with E-state index in [-0.39, 0.29) is 41.8 Å². The maximum absolute atomic E-state index is 14.8. The lowest BCUT2D eigenvalue weighted by molar-refractivity contribution is -0.132. The third-order valence-corrected chi connectivity index (χ3v) is 10.5. The summed E-state index contributed by atoms with van der Waals surface area (Å²) in [5, 5.41) is 16.6. The summed E-state index contributed by atoms with van der Waals surface area (Å²) in [5.74, 6) is -2.59. The molecule has 0 saturated carbocycles. The number of piperidine rings is 2. The second kappa shape index (κ2) is 19.0. The smallest absolute Gasteiger partial charge is 0.339 e. The second-order valence-electron chi connectivity index (χ2n) is 15.5. The molecule has 2 saturated heterocycles. The van der Waals surface area contributed by atoms with Gasteiger partial charge in [0.1, 0.15) is 17.2 Å². The van der Waals surface area contributed by atoms with Crippen molar-refractivity contribution in [2.24, 2.45) is 11.8 Å². The van der Waals surface area contributed by atoms with Crippen molar-refractivity contribution < 1.29 is 24.2 Å². The summed E-state index contributed by atoms with van der Waals surface area (Å²) in [7, 11) is 0. The van der Waals surface area contributed by atoms with Gasteiger partial charge in [-0.1, -0.05) is 70.2 Å². The Bertz CT molecular complexity index is 1590. The van der Waals surface area contributed by atoms with E-state index >= 15 is 0 Å². The van der Waals surface area contributed by atoms with Crippen molar-refractivity contribution in [1.82, 2.24) is 10.6 Å². The molecule has 3 aromatic carbocycles. The number of carboxylic acids is 1. The molecule has 9 nitrogen and oxygen atoms in total. The van der Waals surface area contributed by atoms with Crippen molar-refractivity contribution in [3.8, 4) is 5.75 Å². The van der Waals surface area contributed by atoms with E-state index < -0.39 is 23.7 Å². The first-order valence-electron chi connectivity index (χ1n) is 19.9. The van der Waals surface area contributed by atoms with Crippen LogP contribution in [-0.2, 0) is 9.59 Å². The second-order valence-corrected chi connectivity index (χ2v) is 15.5. The fraction of sp³-hybridized carbons (Fsp3) is 0.523. The van der Waals surface area contributed by atoms with E-state index in [1.807, 2.05) is 24.3 Å². The highest BCUT2D eigenvalue weighted by Crippen LogP contribution is 2.36. The number of carboxylic acid groups (broad SMARTS) is 1. The van der Waals surface area contributed by atoms with Crippen LogP contribution in [0.15, 0.2) is 66.7 Å². The Balaban J connectivity index is 1.55.